The standard InChI is InChI=1S/C15H28N4O2S.C2HF3O2/c1-6-22(20,21)19-8-7-14(18(5)12(2)3)15(19)9-13-10-16-17(4)11-13;3-2(4,5)1(6)7/h10-12,14-15H,6-9H2,1-5H3;(H,6,7)/t14-,15+;/m1./s1. The van der Waals surface area contributed by atoms with Crippen molar-refractivity contribution < 1.29 is 31.5 Å². The molecule has 0 radical (unpaired) electrons. The molecule has 1 aliphatic rings. The van der Waals surface area contributed by atoms with Gasteiger partial charge in [0.05, 0.1) is 11.9 Å². The molecule has 0 spiro atoms. The van der Waals surface area contributed by atoms with Crippen LogP contribution in [0.3, 0.4) is 0 Å². The number of carboxylic acid groups (broad SMARTS) is 1. The Morgan fingerprint density at radius 3 is 2.34 bits per heavy atom. The van der Waals surface area contributed by atoms with Gasteiger partial charge in [0, 0.05) is 37.9 Å². The highest BCUT2D eigenvalue weighted by Gasteiger charge is 2.42. The summed E-state index contributed by atoms with van der Waals surface area (Å²) in [6.45, 7) is 6.63. The number of halogens is 3. The van der Waals surface area contributed by atoms with E-state index in [4.69, 9.17) is 9.90 Å². The van der Waals surface area contributed by atoms with Crippen LogP contribution in [-0.4, -0.2) is 82.1 Å². The molecule has 2 atom stereocenters. The van der Waals surface area contributed by atoms with Crippen LogP contribution in [0.4, 0.5) is 13.2 Å². The Morgan fingerprint density at radius 2 is 1.97 bits per heavy atom. The predicted molar refractivity (Wildman–Crippen MR) is 102 cm³/mol. The highest BCUT2D eigenvalue weighted by atomic mass is 32.2. The summed E-state index contributed by atoms with van der Waals surface area (Å²) in [7, 11) is 0.803. The Hall–Kier alpha value is -1.66. The lowest BCUT2D eigenvalue weighted by molar-refractivity contribution is -0.192. The van der Waals surface area contributed by atoms with Crippen LogP contribution >= 0.6 is 0 Å². The Bertz CT molecular complexity index is 780. The van der Waals surface area contributed by atoms with E-state index in [1.165, 1.54) is 0 Å². The maximum absolute atomic E-state index is 12.4. The highest BCUT2D eigenvalue weighted by molar-refractivity contribution is 7.89. The van der Waals surface area contributed by atoms with Crippen LogP contribution in [0.5, 0.6) is 0 Å². The van der Waals surface area contributed by atoms with Crippen molar-refractivity contribution in [3.8, 4) is 0 Å². The molecule has 168 valence electrons. The van der Waals surface area contributed by atoms with Crippen molar-refractivity contribution in [2.24, 2.45) is 7.05 Å². The molecule has 8 nitrogen and oxygen atoms in total. The highest BCUT2D eigenvalue weighted by Crippen LogP contribution is 2.29. The fourth-order valence-electron chi connectivity index (χ4n) is 3.24. The van der Waals surface area contributed by atoms with Crippen molar-refractivity contribution in [3.63, 3.8) is 0 Å². The minimum atomic E-state index is -5.08. The summed E-state index contributed by atoms with van der Waals surface area (Å²) in [4.78, 5) is 11.2. The van der Waals surface area contributed by atoms with E-state index in [1.807, 2.05) is 19.4 Å². The monoisotopic (exact) mass is 442 g/mol. The third-order valence-electron chi connectivity index (χ3n) is 4.96. The average molecular weight is 443 g/mol. The van der Waals surface area contributed by atoms with E-state index in [9.17, 15) is 21.6 Å². The van der Waals surface area contributed by atoms with E-state index in [2.05, 4.69) is 30.9 Å². The SMILES string of the molecule is CCS(=O)(=O)N1CC[C@@H](N(C)C(C)C)[C@@H]1Cc1cnn(C)c1.O=C(O)C(F)(F)F. The van der Waals surface area contributed by atoms with Crippen LogP contribution in [0.25, 0.3) is 0 Å². The first-order valence-electron chi connectivity index (χ1n) is 9.19. The molecule has 1 saturated heterocycles. The molecule has 2 heterocycles. The summed E-state index contributed by atoms with van der Waals surface area (Å²) >= 11 is 0. The molecule has 12 heteroatoms. The topological polar surface area (TPSA) is 95.7 Å². The first-order valence-corrected chi connectivity index (χ1v) is 10.8. The zero-order valence-electron chi connectivity index (χ0n) is 17.2. The number of rotatable bonds is 6. The lowest BCUT2D eigenvalue weighted by Crippen LogP contribution is -2.49. The number of aryl methyl sites for hydroxylation is 1. The number of aromatic nitrogens is 2. The van der Waals surface area contributed by atoms with Gasteiger partial charge in [-0.3, -0.25) is 9.58 Å². The van der Waals surface area contributed by atoms with Gasteiger partial charge in [-0.25, -0.2) is 13.2 Å². The van der Waals surface area contributed by atoms with Gasteiger partial charge in [0.2, 0.25) is 10.0 Å². The second-order valence-electron chi connectivity index (χ2n) is 7.22. The lowest BCUT2D eigenvalue weighted by Gasteiger charge is -2.34. The number of aliphatic carboxylic acids is 1. The summed E-state index contributed by atoms with van der Waals surface area (Å²) in [6, 6.07) is 0.633. The molecule has 0 bridgehead atoms. The normalized spacial score (nSPS) is 20.8. The van der Waals surface area contributed by atoms with E-state index in [1.54, 1.807) is 15.9 Å². The molecule has 0 saturated carbocycles. The van der Waals surface area contributed by atoms with Crippen molar-refractivity contribution in [2.45, 2.75) is 57.9 Å². The van der Waals surface area contributed by atoms with Gasteiger partial charge in [0.15, 0.2) is 0 Å². The Kier molecular flexibility index (Phi) is 8.66. The van der Waals surface area contributed by atoms with Gasteiger partial charge in [-0.05, 0) is 46.2 Å². The third-order valence-corrected chi connectivity index (χ3v) is 6.86. The smallest absolute Gasteiger partial charge is 0.475 e. The van der Waals surface area contributed by atoms with Crippen LogP contribution in [0.1, 0.15) is 32.8 Å². The van der Waals surface area contributed by atoms with E-state index in [-0.39, 0.29) is 17.8 Å². The quantitative estimate of drug-likeness (QED) is 0.721. The third kappa shape index (κ3) is 6.96. The van der Waals surface area contributed by atoms with Gasteiger partial charge in [-0.2, -0.15) is 22.6 Å². The van der Waals surface area contributed by atoms with Crippen LogP contribution in [0.2, 0.25) is 0 Å². The average Bonchev–Trinajstić information content (AvgIpc) is 3.20. The van der Waals surface area contributed by atoms with Crippen LogP contribution < -0.4 is 0 Å². The van der Waals surface area contributed by atoms with Crippen molar-refractivity contribution >= 4 is 16.0 Å². The zero-order chi connectivity index (χ0) is 22.6. The van der Waals surface area contributed by atoms with Gasteiger partial charge in [-0.15, -0.1) is 0 Å². The van der Waals surface area contributed by atoms with Gasteiger partial charge in [0.1, 0.15) is 0 Å². The molecule has 0 unspecified atom stereocenters. The summed E-state index contributed by atoms with van der Waals surface area (Å²) in [5.74, 6) is -2.60. The molecule has 1 aromatic heterocycles. The molecule has 0 aromatic carbocycles. The first kappa shape index (κ1) is 25.4. The fourth-order valence-corrected chi connectivity index (χ4v) is 4.58. The molecule has 2 rings (SSSR count). The Morgan fingerprint density at radius 1 is 1.41 bits per heavy atom. The number of alkyl halides is 3. The first-order chi connectivity index (χ1) is 13.2. The molecule has 0 aliphatic carbocycles. The number of hydrogen-bond acceptors (Lipinski definition) is 5. The fraction of sp³-hybridized carbons (Fsp3) is 0.765. The molecule has 29 heavy (non-hydrogen) atoms. The van der Waals surface area contributed by atoms with Gasteiger partial charge < -0.3 is 5.11 Å². The second-order valence-corrected chi connectivity index (χ2v) is 9.43. The molecular formula is C17H29F3N4O4S. The lowest BCUT2D eigenvalue weighted by atomic mass is 10.0. The van der Waals surface area contributed by atoms with E-state index in [0.717, 1.165) is 18.4 Å². The number of nitrogens with zero attached hydrogens (tertiary/aromatic N) is 4. The van der Waals surface area contributed by atoms with Crippen molar-refractivity contribution in [2.75, 3.05) is 19.3 Å². The molecule has 1 aromatic rings. The van der Waals surface area contributed by atoms with E-state index >= 15 is 0 Å². The largest absolute Gasteiger partial charge is 0.490 e. The van der Waals surface area contributed by atoms with Gasteiger partial charge in [-0.1, -0.05) is 0 Å². The molecule has 1 aliphatic heterocycles. The summed E-state index contributed by atoms with van der Waals surface area (Å²) in [5, 5.41) is 11.3. The van der Waals surface area contributed by atoms with Crippen molar-refractivity contribution in [1.29, 1.82) is 0 Å². The predicted octanol–water partition coefficient (Wildman–Crippen LogP) is 1.73. The van der Waals surface area contributed by atoms with Crippen molar-refractivity contribution in [3.05, 3.63) is 18.0 Å². The summed E-state index contributed by atoms with van der Waals surface area (Å²) in [6.07, 6.45) is 0.330. The minimum absolute atomic E-state index is 0.0125. The second kappa shape index (κ2) is 9.90. The van der Waals surface area contributed by atoms with Crippen LogP contribution in [-0.2, 0) is 28.3 Å². The molecule has 0 amide bonds. The van der Waals surface area contributed by atoms with Crippen LogP contribution in [0, 0.1) is 0 Å². The maximum atomic E-state index is 12.4. The number of carboxylic acids is 1. The number of sulfonamides is 1. The number of hydrogen-bond donors (Lipinski definition) is 1. The Balaban J connectivity index is 0.000000516. The molecular weight excluding hydrogens is 413 g/mol. The zero-order valence-corrected chi connectivity index (χ0v) is 18.0. The number of likely N-dealkylation sites (N-methyl/N-ethyl adjacent to an activating group) is 1. The van der Waals surface area contributed by atoms with Gasteiger partial charge in [0.25, 0.3) is 0 Å². The molecule has 1 N–H and O–H groups in total. The van der Waals surface area contributed by atoms with E-state index < -0.39 is 22.2 Å². The Labute approximate surface area is 169 Å². The number of carbonyl (C=O) groups is 1. The summed E-state index contributed by atoms with van der Waals surface area (Å²) < 4.78 is 60.1. The van der Waals surface area contributed by atoms with Gasteiger partial charge >= 0.3 is 12.1 Å². The summed E-state index contributed by atoms with van der Waals surface area (Å²) in [5.41, 5.74) is 1.09. The minimum Gasteiger partial charge on any atom is -0.475 e. The molecule has 1 fully saturated rings. The maximum Gasteiger partial charge on any atom is 0.490 e. The van der Waals surface area contributed by atoms with E-state index in [0.29, 0.717) is 12.6 Å². The van der Waals surface area contributed by atoms with Crippen molar-refractivity contribution in [1.82, 2.24) is 19.0 Å². The van der Waals surface area contributed by atoms with Crippen LogP contribution in [0.15, 0.2) is 12.4 Å².